The Labute approximate surface area is 241 Å². The summed E-state index contributed by atoms with van der Waals surface area (Å²) in [5.74, 6) is 0.737. The Bertz CT molecular complexity index is 1500. The van der Waals surface area contributed by atoms with Gasteiger partial charge in [0.05, 0.1) is 30.8 Å². The third-order valence-electron chi connectivity index (χ3n) is 8.42. The lowest BCUT2D eigenvalue weighted by Crippen LogP contribution is -2.55. The first-order valence-electron chi connectivity index (χ1n) is 14.4. The molecule has 6 rings (SSSR count). The summed E-state index contributed by atoms with van der Waals surface area (Å²) in [6, 6.07) is 17.4. The summed E-state index contributed by atoms with van der Waals surface area (Å²) in [4.78, 5) is 31.1. The van der Waals surface area contributed by atoms with Crippen molar-refractivity contribution in [3.8, 4) is 12.1 Å². The highest BCUT2D eigenvalue weighted by atomic mass is 16.5. The number of rotatable bonds is 8. The van der Waals surface area contributed by atoms with Crippen LogP contribution in [0.3, 0.4) is 0 Å². The van der Waals surface area contributed by atoms with Crippen molar-refractivity contribution < 1.29 is 9.53 Å². The number of nitriles is 1. The van der Waals surface area contributed by atoms with Gasteiger partial charge in [-0.1, -0.05) is 43.0 Å². The first kappa shape index (κ1) is 27.0. The van der Waals surface area contributed by atoms with Crippen LogP contribution in [0.2, 0.25) is 0 Å². The molecule has 1 amide bonds. The summed E-state index contributed by atoms with van der Waals surface area (Å²) in [5, 5.41) is 12.0. The monoisotopic (exact) mass is 551 g/mol. The van der Waals surface area contributed by atoms with Crippen LogP contribution in [0.1, 0.15) is 30.5 Å². The van der Waals surface area contributed by atoms with Crippen LogP contribution in [0.15, 0.2) is 55.1 Å². The number of amides is 1. The summed E-state index contributed by atoms with van der Waals surface area (Å²) in [5.41, 5.74) is 3.06. The van der Waals surface area contributed by atoms with Crippen LogP contribution in [0.4, 0.5) is 11.5 Å². The maximum atomic E-state index is 12.5. The molecule has 1 saturated carbocycles. The number of ether oxygens (including phenoxy) is 1. The fraction of sp³-hybridized carbons (Fsp3) is 0.438. The highest BCUT2D eigenvalue weighted by Crippen LogP contribution is 2.41. The van der Waals surface area contributed by atoms with Gasteiger partial charge in [0, 0.05) is 49.4 Å². The lowest BCUT2D eigenvalue weighted by Gasteiger charge is -2.42. The van der Waals surface area contributed by atoms with Crippen LogP contribution in [0.5, 0.6) is 6.01 Å². The van der Waals surface area contributed by atoms with E-state index in [1.807, 2.05) is 0 Å². The van der Waals surface area contributed by atoms with Crippen molar-refractivity contribution in [1.29, 1.82) is 5.26 Å². The second kappa shape index (κ2) is 11.0. The summed E-state index contributed by atoms with van der Waals surface area (Å²) in [7, 11) is 4.12. The summed E-state index contributed by atoms with van der Waals surface area (Å²) < 4.78 is 6.54. The topological polar surface area (TPSA) is 88.8 Å². The number of piperazine rings is 1. The molecular formula is C32H37N7O2. The van der Waals surface area contributed by atoms with Crippen molar-refractivity contribution in [2.75, 3.05) is 56.6 Å². The molecule has 212 valence electrons. The fourth-order valence-corrected chi connectivity index (χ4v) is 6.32. The Balaban J connectivity index is 1.36. The second-order valence-corrected chi connectivity index (χ2v) is 11.6. The maximum Gasteiger partial charge on any atom is 0.319 e. The van der Waals surface area contributed by atoms with Crippen molar-refractivity contribution in [2.45, 2.75) is 43.9 Å². The number of benzene rings is 2. The number of nitrogens with zero attached hydrogens (tertiary/aromatic N) is 7. The Morgan fingerprint density at radius 1 is 1.15 bits per heavy atom. The largest absolute Gasteiger partial charge is 0.455 e. The smallest absolute Gasteiger partial charge is 0.319 e. The van der Waals surface area contributed by atoms with E-state index in [0.717, 1.165) is 49.4 Å². The highest BCUT2D eigenvalue weighted by Gasteiger charge is 2.47. The van der Waals surface area contributed by atoms with Crippen LogP contribution in [0.25, 0.3) is 10.8 Å². The number of fused-ring (bicyclic) bond motifs is 2. The molecule has 3 aromatic rings. The van der Waals surface area contributed by atoms with Crippen LogP contribution in [-0.4, -0.2) is 84.1 Å². The van der Waals surface area contributed by atoms with Crippen molar-refractivity contribution in [2.24, 2.45) is 0 Å². The number of likely N-dealkylation sites (N-methyl/N-ethyl adjacent to an activating group) is 1. The normalized spacial score (nSPS) is 19.6. The first-order valence-corrected chi connectivity index (χ1v) is 14.4. The molecule has 1 unspecified atom stereocenters. The SMILES string of the molecule is C=CC(=O)N1CCN(c2nc(OC3(CN(C)C)CC3)nc3c2CCN(c2cccc4ccccc24)C3)CC1CC#N. The zero-order valence-corrected chi connectivity index (χ0v) is 23.9. The van der Waals surface area contributed by atoms with E-state index < -0.39 is 0 Å². The van der Waals surface area contributed by atoms with E-state index in [-0.39, 0.29) is 24.0 Å². The second-order valence-electron chi connectivity index (χ2n) is 11.6. The molecule has 2 aromatic carbocycles. The van der Waals surface area contributed by atoms with Gasteiger partial charge in [-0.15, -0.1) is 0 Å². The Morgan fingerprint density at radius 3 is 2.71 bits per heavy atom. The molecule has 3 heterocycles. The quantitative estimate of drug-likeness (QED) is 0.391. The van der Waals surface area contributed by atoms with E-state index in [1.54, 1.807) is 4.90 Å². The summed E-state index contributed by atoms with van der Waals surface area (Å²) in [6.07, 6.45) is 4.35. The Morgan fingerprint density at radius 2 is 1.95 bits per heavy atom. The van der Waals surface area contributed by atoms with Gasteiger partial charge in [-0.05, 0) is 50.9 Å². The average Bonchev–Trinajstić information content (AvgIpc) is 3.73. The molecule has 1 saturated heterocycles. The minimum absolute atomic E-state index is 0.135. The van der Waals surface area contributed by atoms with Gasteiger partial charge in [-0.25, -0.2) is 0 Å². The van der Waals surface area contributed by atoms with E-state index in [9.17, 15) is 10.1 Å². The molecule has 2 aliphatic heterocycles. The van der Waals surface area contributed by atoms with Gasteiger partial charge in [0.2, 0.25) is 5.91 Å². The van der Waals surface area contributed by atoms with Crippen LogP contribution >= 0.6 is 0 Å². The fourth-order valence-electron chi connectivity index (χ4n) is 6.32. The summed E-state index contributed by atoms with van der Waals surface area (Å²) in [6.45, 7) is 7.65. The molecule has 0 N–H and O–H groups in total. The summed E-state index contributed by atoms with van der Waals surface area (Å²) >= 11 is 0. The van der Waals surface area contributed by atoms with Gasteiger partial charge in [0.15, 0.2) is 0 Å². The van der Waals surface area contributed by atoms with E-state index >= 15 is 0 Å². The highest BCUT2D eigenvalue weighted by molar-refractivity contribution is 5.94. The molecule has 1 atom stereocenters. The van der Waals surface area contributed by atoms with Crippen LogP contribution in [-0.2, 0) is 17.8 Å². The van der Waals surface area contributed by atoms with E-state index in [4.69, 9.17) is 14.7 Å². The Kier molecular flexibility index (Phi) is 7.26. The standard InChI is InChI=1S/C32H37N7O2/c1-4-29(40)39-19-18-38(20-24(39)12-16-33)30-26-13-17-37(28-11-7-9-23-8-5-6-10-25(23)28)21-27(26)34-31(35-30)41-32(14-15-32)22-36(2)3/h4-11,24H,1,12-15,17-22H2,2-3H3. The van der Waals surface area contributed by atoms with Crippen molar-refractivity contribution in [3.05, 3.63) is 66.4 Å². The van der Waals surface area contributed by atoms with E-state index in [1.165, 1.54) is 22.5 Å². The lowest BCUT2D eigenvalue weighted by atomic mass is 10.0. The van der Waals surface area contributed by atoms with E-state index in [2.05, 4.69) is 83.9 Å². The number of hydrogen-bond donors (Lipinski definition) is 0. The number of aromatic nitrogens is 2. The average molecular weight is 552 g/mol. The third kappa shape index (κ3) is 5.44. The van der Waals surface area contributed by atoms with Crippen LogP contribution in [0, 0.1) is 11.3 Å². The number of carbonyl (C=O) groups is 1. The number of carbonyl (C=O) groups excluding carboxylic acids is 1. The minimum Gasteiger partial charge on any atom is -0.455 e. The van der Waals surface area contributed by atoms with Crippen molar-refractivity contribution in [3.63, 3.8) is 0 Å². The first-order chi connectivity index (χ1) is 19.9. The molecule has 2 fully saturated rings. The number of anilines is 2. The van der Waals surface area contributed by atoms with Crippen LogP contribution < -0.4 is 14.5 Å². The third-order valence-corrected chi connectivity index (χ3v) is 8.42. The van der Waals surface area contributed by atoms with Crippen molar-refractivity contribution in [1.82, 2.24) is 19.8 Å². The maximum absolute atomic E-state index is 12.5. The lowest BCUT2D eigenvalue weighted by molar-refractivity contribution is -0.128. The molecule has 9 nitrogen and oxygen atoms in total. The minimum atomic E-state index is -0.253. The predicted molar refractivity (Wildman–Crippen MR) is 160 cm³/mol. The van der Waals surface area contributed by atoms with Gasteiger partial charge in [-0.3, -0.25) is 4.79 Å². The van der Waals surface area contributed by atoms with Gasteiger partial charge >= 0.3 is 6.01 Å². The molecule has 41 heavy (non-hydrogen) atoms. The zero-order valence-electron chi connectivity index (χ0n) is 23.9. The molecule has 1 aliphatic carbocycles. The predicted octanol–water partition coefficient (Wildman–Crippen LogP) is 3.78. The zero-order chi connectivity index (χ0) is 28.6. The molecular weight excluding hydrogens is 514 g/mol. The number of hydrogen-bond acceptors (Lipinski definition) is 8. The van der Waals surface area contributed by atoms with Gasteiger partial charge in [-0.2, -0.15) is 15.2 Å². The van der Waals surface area contributed by atoms with Gasteiger partial charge in [0.25, 0.3) is 0 Å². The Hall–Kier alpha value is -4.16. The van der Waals surface area contributed by atoms with Gasteiger partial charge in [0.1, 0.15) is 11.4 Å². The van der Waals surface area contributed by atoms with Gasteiger partial charge < -0.3 is 24.3 Å². The molecule has 0 radical (unpaired) electrons. The molecule has 0 bridgehead atoms. The van der Waals surface area contributed by atoms with E-state index in [0.29, 0.717) is 32.2 Å². The molecule has 9 heteroatoms. The van der Waals surface area contributed by atoms with Crippen molar-refractivity contribution >= 4 is 28.2 Å². The molecule has 0 spiro atoms. The molecule has 1 aromatic heterocycles. The molecule has 3 aliphatic rings.